The maximum atomic E-state index is 13.4. The van der Waals surface area contributed by atoms with Crippen molar-refractivity contribution >= 4 is 11.6 Å². The summed E-state index contributed by atoms with van der Waals surface area (Å²) in [5.41, 5.74) is 1.49. The number of carbonyl (C=O) groups excluding carboxylic acids is 1. The molecule has 1 aromatic carbocycles. The minimum atomic E-state index is -1.13. The lowest BCUT2D eigenvalue weighted by atomic mass is 10.0. The molecule has 2 atom stereocenters. The normalized spacial score (nSPS) is 18.5. The summed E-state index contributed by atoms with van der Waals surface area (Å²) in [6.07, 6.45) is 1.33. The van der Waals surface area contributed by atoms with E-state index >= 15 is 0 Å². The second kappa shape index (κ2) is 7.06. The van der Waals surface area contributed by atoms with Crippen molar-refractivity contribution in [3.05, 3.63) is 47.3 Å². The van der Waals surface area contributed by atoms with Crippen molar-refractivity contribution in [2.24, 2.45) is 0 Å². The van der Waals surface area contributed by atoms with Gasteiger partial charge in [-0.2, -0.15) is 5.10 Å². The molecule has 128 valence electrons. The number of hydrogen-bond donors (Lipinski definition) is 3. The number of benzene rings is 1. The van der Waals surface area contributed by atoms with Gasteiger partial charge in [0.2, 0.25) is 0 Å². The van der Waals surface area contributed by atoms with E-state index in [1.807, 2.05) is 0 Å². The molecule has 1 fully saturated rings. The zero-order valence-corrected chi connectivity index (χ0v) is 13.1. The maximum Gasteiger partial charge on any atom is 0.258 e. The van der Waals surface area contributed by atoms with Crippen molar-refractivity contribution in [1.29, 1.82) is 0 Å². The Morgan fingerprint density at radius 3 is 2.75 bits per heavy atom. The highest BCUT2D eigenvalue weighted by atomic mass is 19.1. The van der Waals surface area contributed by atoms with E-state index in [1.165, 1.54) is 13.3 Å². The van der Waals surface area contributed by atoms with Crippen LogP contribution in [0.25, 0.3) is 0 Å². The number of hydrogen-bond acceptors (Lipinski definition) is 4. The summed E-state index contributed by atoms with van der Waals surface area (Å²) in [6, 6.07) is 2.90. The maximum absolute atomic E-state index is 13.4. The third-order valence-electron chi connectivity index (χ3n) is 4.06. The Balaban J connectivity index is 1.79. The summed E-state index contributed by atoms with van der Waals surface area (Å²) in [7, 11) is 1.31. The minimum absolute atomic E-state index is 0.111. The standard InChI is InChI=1S/C16H18F2N4O2/c1-24-15(10-4-11(17)6-12(18)5-10)16(23)21-13-8-20-22-14(13)9-2-3-19-7-9/h4-6,8-9,15,19H,2-3,7H2,1H3,(H,20,22)(H,21,23). The molecular weight excluding hydrogens is 318 g/mol. The van der Waals surface area contributed by atoms with E-state index in [0.717, 1.165) is 43.4 Å². The Bertz CT molecular complexity index is 708. The number of ether oxygens (including phenoxy) is 1. The zero-order chi connectivity index (χ0) is 17.1. The molecule has 6 nitrogen and oxygen atoms in total. The number of aromatic nitrogens is 2. The van der Waals surface area contributed by atoms with Crippen LogP contribution in [0, 0.1) is 11.6 Å². The van der Waals surface area contributed by atoms with E-state index in [-0.39, 0.29) is 11.5 Å². The molecule has 0 spiro atoms. The van der Waals surface area contributed by atoms with Crippen LogP contribution in [0.5, 0.6) is 0 Å². The van der Waals surface area contributed by atoms with Crippen LogP contribution in [0.3, 0.4) is 0 Å². The van der Waals surface area contributed by atoms with Gasteiger partial charge in [0.1, 0.15) is 11.6 Å². The van der Waals surface area contributed by atoms with Gasteiger partial charge in [-0.1, -0.05) is 0 Å². The highest BCUT2D eigenvalue weighted by Gasteiger charge is 2.26. The van der Waals surface area contributed by atoms with Gasteiger partial charge in [0, 0.05) is 25.6 Å². The fraction of sp³-hybridized carbons (Fsp3) is 0.375. The monoisotopic (exact) mass is 336 g/mol. The molecule has 3 N–H and O–H groups in total. The van der Waals surface area contributed by atoms with E-state index in [2.05, 4.69) is 20.8 Å². The van der Waals surface area contributed by atoms with Crippen LogP contribution >= 0.6 is 0 Å². The molecule has 24 heavy (non-hydrogen) atoms. The quantitative estimate of drug-likeness (QED) is 0.781. The molecule has 1 saturated heterocycles. The van der Waals surface area contributed by atoms with E-state index in [4.69, 9.17) is 4.74 Å². The van der Waals surface area contributed by atoms with Crippen molar-refractivity contribution in [3.63, 3.8) is 0 Å². The van der Waals surface area contributed by atoms with E-state index in [0.29, 0.717) is 5.69 Å². The largest absolute Gasteiger partial charge is 0.367 e. The zero-order valence-electron chi connectivity index (χ0n) is 13.1. The van der Waals surface area contributed by atoms with Gasteiger partial charge in [-0.25, -0.2) is 8.78 Å². The Morgan fingerprint density at radius 1 is 1.38 bits per heavy atom. The summed E-state index contributed by atoms with van der Waals surface area (Å²) >= 11 is 0. The Kier molecular flexibility index (Phi) is 4.86. The minimum Gasteiger partial charge on any atom is -0.367 e. The van der Waals surface area contributed by atoms with E-state index < -0.39 is 23.6 Å². The summed E-state index contributed by atoms with van der Waals surface area (Å²) < 4.78 is 31.9. The van der Waals surface area contributed by atoms with Crippen molar-refractivity contribution in [3.8, 4) is 0 Å². The number of halogens is 2. The Labute approximate surface area is 137 Å². The number of anilines is 1. The summed E-state index contributed by atoms with van der Waals surface area (Å²) in [5, 5.41) is 12.9. The van der Waals surface area contributed by atoms with Crippen LogP contribution in [0.15, 0.2) is 24.4 Å². The number of rotatable bonds is 5. The molecule has 1 aliphatic rings. The lowest BCUT2D eigenvalue weighted by Crippen LogP contribution is -2.23. The molecule has 2 unspecified atom stereocenters. The molecule has 2 heterocycles. The average molecular weight is 336 g/mol. The predicted octanol–water partition coefficient (Wildman–Crippen LogP) is 2.09. The fourth-order valence-corrected chi connectivity index (χ4v) is 2.93. The number of nitrogens with zero attached hydrogens (tertiary/aromatic N) is 1. The van der Waals surface area contributed by atoms with Gasteiger partial charge in [0.25, 0.3) is 5.91 Å². The first-order valence-electron chi connectivity index (χ1n) is 7.62. The Morgan fingerprint density at radius 2 is 2.12 bits per heavy atom. The first-order chi connectivity index (χ1) is 11.6. The van der Waals surface area contributed by atoms with Crippen LogP contribution in [0.2, 0.25) is 0 Å². The second-order valence-electron chi connectivity index (χ2n) is 5.69. The molecule has 1 amide bonds. The van der Waals surface area contributed by atoms with Crippen LogP contribution in [0.4, 0.5) is 14.5 Å². The molecule has 0 aliphatic carbocycles. The number of carbonyl (C=O) groups is 1. The van der Waals surface area contributed by atoms with Crippen LogP contribution in [-0.4, -0.2) is 36.3 Å². The predicted molar refractivity (Wildman–Crippen MR) is 83.6 cm³/mol. The van der Waals surface area contributed by atoms with Gasteiger partial charge in [0.15, 0.2) is 6.10 Å². The lowest BCUT2D eigenvalue weighted by molar-refractivity contribution is -0.126. The molecule has 8 heteroatoms. The van der Waals surface area contributed by atoms with Gasteiger partial charge >= 0.3 is 0 Å². The van der Waals surface area contributed by atoms with Gasteiger partial charge in [-0.15, -0.1) is 0 Å². The highest BCUT2D eigenvalue weighted by Crippen LogP contribution is 2.28. The van der Waals surface area contributed by atoms with Crippen molar-refractivity contribution < 1.29 is 18.3 Å². The van der Waals surface area contributed by atoms with Crippen LogP contribution in [-0.2, 0) is 9.53 Å². The molecular formula is C16H18F2N4O2. The van der Waals surface area contributed by atoms with Crippen molar-refractivity contribution in [1.82, 2.24) is 15.5 Å². The molecule has 0 radical (unpaired) electrons. The number of nitrogens with one attached hydrogen (secondary N) is 3. The SMILES string of the molecule is COC(C(=O)Nc1cn[nH]c1C1CCNC1)c1cc(F)cc(F)c1. The van der Waals surface area contributed by atoms with Gasteiger partial charge < -0.3 is 15.4 Å². The first-order valence-corrected chi connectivity index (χ1v) is 7.62. The molecule has 1 aromatic heterocycles. The first kappa shape index (κ1) is 16.5. The van der Waals surface area contributed by atoms with E-state index in [9.17, 15) is 13.6 Å². The average Bonchev–Trinajstić information content (AvgIpc) is 3.17. The lowest BCUT2D eigenvalue weighted by Gasteiger charge is -2.17. The van der Waals surface area contributed by atoms with Gasteiger partial charge in [-0.05, 0) is 30.7 Å². The second-order valence-corrected chi connectivity index (χ2v) is 5.69. The van der Waals surface area contributed by atoms with E-state index in [1.54, 1.807) is 0 Å². The molecule has 0 saturated carbocycles. The summed E-state index contributed by atoms with van der Waals surface area (Å²) in [4.78, 5) is 12.5. The van der Waals surface area contributed by atoms with Gasteiger partial charge in [0.05, 0.1) is 17.6 Å². The Hall–Kier alpha value is -2.32. The van der Waals surface area contributed by atoms with Crippen LogP contribution in [0.1, 0.15) is 29.7 Å². The van der Waals surface area contributed by atoms with Crippen LogP contribution < -0.4 is 10.6 Å². The molecule has 2 aromatic rings. The summed E-state index contributed by atoms with van der Waals surface area (Å²) in [5.74, 6) is -1.81. The molecule has 3 rings (SSSR count). The smallest absolute Gasteiger partial charge is 0.258 e. The van der Waals surface area contributed by atoms with Crippen molar-refractivity contribution in [2.75, 3.05) is 25.5 Å². The fourth-order valence-electron chi connectivity index (χ4n) is 2.93. The number of aromatic amines is 1. The van der Waals surface area contributed by atoms with Gasteiger partial charge in [-0.3, -0.25) is 9.89 Å². The summed E-state index contributed by atoms with van der Waals surface area (Å²) in [6.45, 7) is 1.70. The third-order valence-corrected chi connectivity index (χ3v) is 4.06. The molecule has 0 bridgehead atoms. The number of H-pyrrole nitrogens is 1. The molecule has 1 aliphatic heterocycles. The number of methoxy groups -OCH3 is 1. The third kappa shape index (κ3) is 3.44. The topological polar surface area (TPSA) is 79.0 Å². The number of amides is 1. The highest BCUT2D eigenvalue weighted by molar-refractivity contribution is 5.95. The van der Waals surface area contributed by atoms with Crippen molar-refractivity contribution in [2.45, 2.75) is 18.4 Å².